The quantitative estimate of drug-likeness (QED) is 0.508. The van der Waals surface area contributed by atoms with Crippen molar-refractivity contribution in [2.75, 3.05) is 0 Å². The molecular formula is C6H10N2O. The molecule has 1 aliphatic rings. The van der Waals surface area contributed by atoms with E-state index in [2.05, 4.69) is 5.32 Å². The first-order valence-electron chi connectivity index (χ1n) is 2.96. The molecule has 0 bridgehead atoms. The molecule has 1 atom stereocenters. The van der Waals surface area contributed by atoms with Gasteiger partial charge < -0.3 is 11.1 Å². The van der Waals surface area contributed by atoms with E-state index in [-0.39, 0.29) is 5.91 Å². The third-order valence-electron chi connectivity index (χ3n) is 1.34. The molecule has 1 heterocycles. The van der Waals surface area contributed by atoms with Crippen LogP contribution in [0.2, 0.25) is 0 Å². The Bertz CT molecular complexity index is 162. The lowest BCUT2D eigenvalue weighted by Gasteiger charge is -2.03. The van der Waals surface area contributed by atoms with Gasteiger partial charge in [0.15, 0.2) is 0 Å². The molecule has 3 heteroatoms. The second-order valence-electron chi connectivity index (χ2n) is 2.26. The van der Waals surface area contributed by atoms with Gasteiger partial charge in [-0.05, 0) is 13.3 Å². The van der Waals surface area contributed by atoms with Crippen LogP contribution in [0.15, 0.2) is 11.8 Å². The van der Waals surface area contributed by atoms with E-state index in [0.29, 0.717) is 11.7 Å². The fourth-order valence-electron chi connectivity index (χ4n) is 0.850. The molecule has 0 spiro atoms. The van der Waals surface area contributed by atoms with Crippen LogP contribution in [0.4, 0.5) is 0 Å². The number of carbonyl (C=O) groups is 1. The molecule has 1 unspecified atom stereocenters. The van der Waals surface area contributed by atoms with Gasteiger partial charge in [0, 0.05) is 6.04 Å². The highest BCUT2D eigenvalue weighted by Gasteiger charge is 2.13. The van der Waals surface area contributed by atoms with E-state index in [0.717, 1.165) is 6.42 Å². The van der Waals surface area contributed by atoms with Gasteiger partial charge in [0.05, 0.1) is 5.70 Å². The van der Waals surface area contributed by atoms with Crippen LogP contribution in [-0.4, -0.2) is 11.9 Å². The van der Waals surface area contributed by atoms with Crippen LogP contribution in [-0.2, 0) is 4.79 Å². The number of hydrogen-bond donors (Lipinski definition) is 2. The van der Waals surface area contributed by atoms with Crippen LogP contribution in [0.5, 0.6) is 0 Å². The summed E-state index contributed by atoms with van der Waals surface area (Å²) < 4.78 is 0. The number of amides is 1. The van der Waals surface area contributed by atoms with E-state index < -0.39 is 0 Å². The zero-order valence-electron chi connectivity index (χ0n) is 5.35. The lowest BCUT2D eigenvalue weighted by Crippen LogP contribution is -2.27. The van der Waals surface area contributed by atoms with Gasteiger partial charge in [0.1, 0.15) is 0 Å². The van der Waals surface area contributed by atoms with Gasteiger partial charge in [-0.2, -0.15) is 0 Å². The summed E-state index contributed by atoms with van der Waals surface area (Å²) in [6.07, 6.45) is 2.73. The van der Waals surface area contributed by atoms with Crippen molar-refractivity contribution < 1.29 is 4.79 Å². The maximum absolute atomic E-state index is 10.4. The first-order valence-corrected chi connectivity index (χ1v) is 2.96. The summed E-state index contributed by atoms with van der Waals surface area (Å²) in [5.74, 6) is -0.362. The van der Waals surface area contributed by atoms with Crippen LogP contribution in [0.3, 0.4) is 0 Å². The van der Waals surface area contributed by atoms with E-state index in [4.69, 9.17) is 5.73 Å². The molecule has 0 aromatic heterocycles. The van der Waals surface area contributed by atoms with E-state index in [1.54, 1.807) is 0 Å². The Hall–Kier alpha value is -0.990. The number of carbonyl (C=O) groups excluding carboxylic acids is 1. The standard InChI is InChI=1S/C6H10N2O/c1-4-2-3-5(8-4)6(7)9/h3-4,8H,2H2,1H3,(H2,7,9). The van der Waals surface area contributed by atoms with Crippen LogP contribution < -0.4 is 11.1 Å². The third-order valence-corrected chi connectivity index (χ3v) is 1.34. The van der Waals surface area contributed by atoms with Crippen molar-refractivity contribution in [2.24, 2.45) is 5.73 Å². The van der Waals surface area contributed by atoms with Gasteiger partial charge >= 0.3 is 0 Å². The molecule has 1 aliphatic heterocycles. The molecule has 0 fully saturated rings. The molecule has 3 N–H and O–H groups in total. The van der Waals surface area contributed by atoms with Gasteiger partial charge in [-0.1, -0.05) is 6.08 Å². The summed E-state index contributed by atoms with van der Waals surface area (Å²) >= 11 is 0. The van der Waals surface area contributed by atoms with Crippen LogP contribution in [0.25, 0.3) is 0 Å². The molecule has 0 aliphatic carbocycles. The minimum Gasteiger partial charge on any atom is -0.378 e. The van der Waals surface area contributed by atoms with Crippen LogP contribution >= 0.6 is 0 Å². The second-order valence-corrected chi connectivity index (χ2v) is 2.26. The molecule has 1 rings (SSSR count). The average molecular weight is 126 g/mol. The van der Waals surface area contributed by atoms with E-state index in [1.165, 1.54) is 0 Å². The minimum absolute atomic E-state index is 0.362. The Morgan fingerprint density at radius 1 is 2.00 bits per heavy atom. The van der Waals surface area contributed by atoms with E-state index in [9.17, 15) is 4.79 Å². The highest BCUT2D eigenvalue weighted by atomic mass is 16.1. The van der Waals surface area contributed by atoms with Gasteiger partial charge in [-0.3, -0.25) is 4.79 Å². The Morgan fingerprint density at radius 2 is 2.67 bits per heavy atom. The number of nitrogens with one attached hydrogen (secondary N) is 1. The highest BCUT2D eigenvalue weighted by Crippen LogP contribution is 2.06. The molecule has 0 aromatic carbocycles. The van der Waals surface area contributed by atoms with Gasteiger partial charge in [-0.25, -0.2) is 0 Å². The first kappa shape index (κ1) is 6.13. The lowest BCUT2D eigenvalue weighted by molar-refractivity contribution is -0.114. The maximum Gasteiger partial charge on any atom is 0.264 e. The summed E-state index contributed by atoms with van der Waals surface area (Å²) in [7, 11) is 0. The summed E-state index contributed by atoms with van der Waals surface area (Å²) in [6, 6.07) is 0.368. The fourth-order valence-corrected chi connectivity index (χ4v) is 0.850. The number of nitrogens with two attached hydrogens (primary N) is 1. The topological polar surface area (TPSA) is 55.1 Å². The zero-order valence-corrected chi connectivity index (χ0v) is 5.35. The van der Waals surface area contributed by atoms with E-state index in [1.807, 2.05) is 13.0 Å². The predicted molar refractivity (Wildman–Crippen MR) is 34.5 cm³/mol. The third kappa shape index (κ3) is 1.22. The molecule has 1 amide bonds. The zero-order chi connectivity index (χ0) is 6.85. The van der Waals surface area contributed by atoms with Crippen molar-refractivity contribution in [2.45, 2.75) is 19.4 Å². The van der Waals surface area contributed by atoms with Crippen molar-refractivity contribution in [3.63, 3.8) is 0 Å². The summed E-state index contributed by atoms with van der Waals surface area (Å²) in [4.78, 5) is 10.4. The lowest BCUT2D eigenvalue weighted by atomic mass is 10.3. The normalized spacial score (nSPS) is 25.0. The molecule has 9 heavy (non-hydrogen) atoms. The van der Waals surface area contributed by atoms with Crippen molar-refractivity contribution in [1.82, 2.24) is 5.32 Å². The smallest absolute Gasteiger partial charge is 0.264 e. The van der Waals surface area contributed by atoms with Crippen molar-refractivity contribution >= 4 is 5.91 Å². The van der Waals surface area contributed by atoms with E-state index >= 15 is 0 Å². The molecule has 50 valence electrons. The SMILES string of the molecule is CC1CC=C(C(N)=O)N1. The summed E-state index contributed by atoms with van der Waals surface area (Å²) in [5, 5.41) is 2.94. The molecule has 0 radical (unpaired) electrons. The number of hydrogen-bond acceptors (Lipinski definition) is 2. The number of primary amides is 1. The first-order chi connectivity index (χ1) is 4.20. The van der Waals surface area contributed by atoms with Crippen LogP contribution in [0.1, 0.15) is 13.3 Å². The highest BCUT2D eigenvalue weighted by molar-refractivity contribution is 5.91. The number of rotatable bonds is 1. The van der Waals surface area contributed by atoms with Crippen LogP contribution in [0, 0.1) is 0 Å². The Morgan fingerprint density at radius 3 is 2.89 bits per heavy atom. The van der Waals surface area contributed by atoms with Gasteiger partial charge in [0.2, 0.25) is 0 Å². The maximum atomic E-state index is 10.4. The Kier molecular flexibility index (Phi) is 1.42. The minimum atomic E-state index is -0.362. The molecule has 0 saturated carbocycles. The Labute approximate surface area is 53.9 Å². The molecule has 0 saturated heterocycles. The van der Waals surface area contributed by atoms with Gasteiger partial charge in [0.25, 0.3) is 5.91 Å². The van der Waals surface area contributed by atoms with Crippen molar-refractivity contribution in [1.29, 1.82) is 0 Å². The Balaban J connectivity index is 2.55. The molecule has 0 aromatic rings. The second kappa shape index (κ2) is 2.09. The predicted octanol–water partition coefficient (Wildman–Crippen LogP) is -0.263. The van der Waals surface area contributed by atoms with Crippen molar-refractivity contribution in [3.8, 4) is 0 Å². The van der Waals surface area contributed by atoms with Gasteiger partial charge in [-0.15, -0.1) is 0 Å². The monoisotopic (exact) mass is 126 g/mol. The average Bonchev–Trinajstić information content (AvgIpc) is 2.14. The van der Waals surface area contributed by atoms with Crippen molar-refractivity contribution in [3.05, 3.63) is 11.8 Å². The largest absolute Gasteiger partial charge is 0.378 e. The fraction of sp³-hybridized carbons (Fsp3) is 0.500. The summed E-state index contributed by atoms with van der Waals surface area (Å²) in [6.45, 7) is 2.01. The molecular weight excluding hydrogens is 116 g/mol. The molecule has 3 nitrogen and oxygen atoms in total. The summed E-state index contributed by atoms with van der Waals surface area (Å²) in [5.41, 5.74) is 5.55.